The molecule has 3 atom stereocenters. The Morgan fingerprint density at radius 1 is 1.04 bits per heavy atom. The van der Waals surface area contributed by atoms with E-state index in [9.17, 15) is 18.7 Å². The molecule has 0 radical (unpaired) electrons. The second-order valence-electron chi connectivity index (χ2n) is 6.55. The van der Waals surface area contributed by atoms with E-state index in [1.54, 1.807) is 24.3 Å². The van der Waals surface area contributed by atoms with Crippen LogP contribution in [0.1, 0.15) is 30.9 Å². The first-order valence-electron chi connectivity index (χ1n) is 8.09. The molecular formula is C19H17F2NO2. The van der Waals surface area contributed by atoms with Crippen LogP contribution in [0.25, 0.3) is 0 Å². The average Bonchev–Trinajstić information content (AvgIpc) is 2.57. The molecular weight excluding hydrogens is 312 g/mol. The lowest BCUT2D eigenvalue weighted by atomic mass is 9.71. The number of rotatable bonds is 2. The Balaban J connectivity index is 1.82. The zero-order valence-electron chi connectivity index (χ0n) is 13.0. The van der Waals surface area contributed by atoms with Crippen molar-refractivity contribution < 1.29 is 18.7 Å². The van der Waals surface area contributed by atoms with E-state index in [1.807, 2.05) is 11.0 Å². The fourth-order valence-corrected chi connectivity index (χ4v) is 4.13. The number of phenols is 1. The lowest BCUT2D eigenvalue weighted by Gasteiger charge is -2.52. The number of benzene rings is 2. The van der Waals surface area contributed by atoms with Gasteiger partial charge in [0.1, 0.15) is 11.5 Å². The molecule has 0 spiro atoms. The van der Waals surface area contributed by atoms with Crippen molar-refractivity contribution in [2.75, 3.05) is 4.90 Å². The minimum atomic E-state index is -0.894. The van der Waals surface area contributed by atoms with Gasteiger partial charge < -0.3 is 10.0 Å². The molecule has 1 N–H and O–H groups in total. The smallest absolute Gasteiger partial charge is 0.160 e. The zero-order chi connectivity index (χ0) is 16.8. The second kappa shape index (κ2) is 5.58. The number of phenolic OH excluding ortho intramolecular Hbond substituents is 1. The Labute approximate surface area is 138 Å². The Bertz CT molecular complexity index is 808. The van der Waals surface area contributed by atoms with Crippen LogP contribution in [0.15, 0.2) is 42.5 Å². The highest BCUT2D eigenvalue weighted by Crippen LogP contribution is 2.48. The maximum Gasteiger partial charge on any atom is 0.160 e. The summed E-state index contributed by atoms with van der Waals surface area (Å²) in [5.41, 5.74) is 1.40. The second-order valence-corrected chi connectivity index (χ2v) is 6.55. The van der Waals surface area contributed by atoms with Crippen molar-refractivity contribution in [3.05, 3.63) is 59.7 Å². The predicted octanol–water partition coefficient (Wildman–Crippen LogP) is 3.97. The van der Waals surface area contributed by atoms with Gasteiger partial charge in [-0.05, 0) is 42.7 Å². The summed E-state index contributed by atoms with van der Waals surface area (Å²) >= 11 is 0. The molecule has 0 aromatic heterocycles. The third-order valence-electron chi connectivity index (χ3n) is 5.15. The van der Waals surface area contributed by atoms with Crippen LogP contribution in [-0.2, 0) is 4.79 Å². The largest absolute Gasteiger partial charge is 0.508 e. The molecule has 1 saturated carbocycles. The first-order chi connectivity index (χ1) is 11.5. The van der Waals surface area contributed by atoms with Crippen LogP contribution < -0.4 is 4.90 Å². The number of nitrogens with zero attached hydrogens (tertiary/aromatic N) is 1. The fourth-order valence-electron chi connectivity index (χ4n) is 4.13. The highest BCUT2D eigenvalue weighted by molar-refractivity contribution is 5.86. The maximum atomic E-state index is 13.7. The van der Waals surface area contributed by atoms with Crippen LogP contribution in [0.4, 0.5) is 14.5 Å². The van der Waals surface area contributed by atoms with E-state index in [0.29, 0.717) is 12.1 Å². The summed E-state index contributed by atoms with van der Waals surface area (Å²) in [5, 5.41) is 9.80. The summed E-state index contributed by atoms with van der Waals surface area (Å²) in [5.74, 6) is -1.63. The summed E-state index contributed by atoms with van der Waals surface area (Å²) in [6.07, 6.45) is 2.06. The monoisotopic (exact) mass is 329 g/mol. The van der Waals surface area contributed by atoms with Crippen LogP contribution in [0, 0.1) is 17.6 Å². The SMILES string of the molecule is O=C1CC2CCC1C(c1cccc(O)c1)N2c1ccc(F)c(F)c1. The molecule has 2 heterocycles. The first-order valence-corrected chi connectivity index (χ1v) is 8.09. The van der Waals surface area contributed by atoms with Crippen molar-refractivity contribution in [1.29, 1.82) is 0 Å². The number of piperidine rings is 2. The molecule has 2 aromatic rings. The molecule has 0 amide bonds. The van der Waals surface area contributed by atoms with E-state index in [-0.39, 0.29) is 29.5 Å². The lowest BCUT2D eigenvalue weighted by molar-refractivity contribution is -0.128. The molecule has 3 fully saturated rings. The summed E-state index contributed by atoms with van der Waals surface area (Å²) in [7, 11) is 0. The molecule has 3 unspecified atom stereocenters. The normalized spacial score (nSPS) is 26.0. The first kappa shape index (κ1) is 15.1. The van der Waals surface area contributed by atoms with Gasteiger partial charge in [-0.15, -0.1) is 0 Å². The molecule has 5 rings (SSSR count). The van der Waals surface area contributed by atoms with E-state index < -0.39 is 11.6 Å². The van der Waals surface area contributed by atoms with Gasteiger partial charge in [0.2, 0.25) is 0 Å². The van der Waals surface area contributed by atoms with E-state index in [4.69, 9.17) is 0 Å². The molecule has 3 nitrogen and oxygen atoms in total. The molecule has 5 heteroatoms. The lowest BCUT2D eigenvalue weighted by Crippen LogP contribution is -2.54. The van der Waals surface area contributed by atoms with Gasteiger partial charge in [0.15, 0.2) is 11.6 Å². The minimum Gasteiger partial charge on any atom is -0.508 e. The highest BCUT2D eigenvalue weighted by Gasteiger charge is 2.47. The number of carbonyl (C=O) groups is 1. The minimum absolute atomic E-state index is 0.0280. The van der Waals surface area contributed by atoms with Gasteiger partial charge in [0.25, 0.3) is 0 Å². The number of Topliss-reactive ketones (excluding diaryl/α,β-unsaturated/α-hetero) is 1. The van der Waals surface area contributed by atoms with Crippen LogP contribution in [0.2, 0.25) is 0 Å². The van der Waals surface area contributed by atoms with Crippen molar-refractivity contribution in [3.8, 4) is 5.75 Å². The van der Waals surface area contributed by atoms with Crippen molar-refractivity contribution in [2.45, 2.75) is 31.3 Å². The molecule has 1 aliphatic carbocycles. The molecule has 2 aliphatic heterocycles. The standard InChI is InChI=1S/C19H17F2NO2/c20-16-7-5-12(9-17(16)21)22-13-4-6-15(18(24)10-13)19(22)11-2-1-3-14(23)8-11/h1-3,5,7-9,13,15,19,23H,4,6,10H2. The Morgan fingerprint density at radius 2 is 1.88 bits per heavy atom. The Hall–Kier alpha value is -2.43. The van der Waals surface area contributed by atoms with Gasteiger partial charge in [0.05, 0.1) is 6.04 Å². The summed E-state index contributed by atoms with van der Waals surface area (Å²) in [4.78, 5) is 14.4. The van der Waals surface area contributed by atoms with Gasteiger partial charge >= 0.3 is 0 Å². The third-order valence-corrected chi connectivity index (χ3v) is 5.15. The molecule has 24 heavy (non-hydrogen) atoms. The quantitative estimate of drug-likeness (QED) is 0.906. The van der Waals surface area contributed by atoms with Crippen molar-refractivity contribution in [1.82, 2.24) is 0 Å². The highest BCUT2D eigenvalue weighted by atomic mass is 19.2. The van der Waals surface area contributed by atoms with Crippen molar-refractivity contribution in [3.63, 3.8) is 0 Å². The van der Waals surface area contributed by atoms with Gasteiger partial charge in [0, 0.05) is 30.1 Å². The van der Waals surface area contributed by atoms with E-state index >= 15 is 0 Å². The average molecular weight is 329 g/mol. The summed E-state index contributed by atoms with van der Waals surface area (Å²) < 4.78 is 27.0. The van der Waals surface area contributed by atoms with Crippen LogP contribution in [0.3, 0.4) is 0 Å². The topological polar surface area (TPSA) is 40.5 Å². The van der Waals surface area contributed by atoms with Crippen molar-refractivity contribution in [2.24, 2.45) is 5.92 Å². The fraction of sp³-hybridized carbons (Fsp3) is 0.316. The molecule has 2 saturated heterocycles. The van der Waals surface area contributed by atoms with E-state index in [0.717, 1.165) is 24.5 Å². The zero-order valence-corrected chi connectivity index (χ0v) is 13.0. The number of carbonyl (C=O) groups excluding carboxylic acids is 1. The van der Waals surface area contributed by atoms with Gasteiger partial charge in [-0.25, -0.2) is 8.78 Å². The van der Waals surface area contributed by atoms with Crippen molar-refractivity contribution >= 4 is 11.5 Å². The van der Waals surface area contributed by atoms with Gasteiger partial charge in [-0.2, -0.15) is 0 Å². The summed E-state index contributed by atoms with van der Waals surface area (Å²) in [6, 6.07) is 10.4. The van der Waals surface area contributed by atoms with Crippen LogP contribution in [-0.4, -0.2) is 16.9 Å². The van der Waals surface area contributed by atoms with Gasteiger partial charge in [-0.3, -0.25) is 4.79 Å². The molecule has 2 aromatic carbocycles. The van der Waals surface area contributed by atoms with E-state index in [2.05, 4.69) is 0 Å². The van der Waals surface area contributed by atoms with Crippen LogP contribution in [0.5, 0.6) is 5.75 Å². The Kier molecular flexibility index (Phi) is 3.52. The molecule has 2 bridgehead atoms. The molecule has 3 aliphatic rings. The number of fused-ring (bicyclic) bond motifs is 3. The number of ketones is 1. The number of hydrogen-bond acceptors (Lipinski definition) is 3. The number of aromatic hydroxyl groups is 1. The van der Waals surface area contributed by atoms with E-state index in [1.165, 1.54) is 6.07 Å². The number of halogens is 2. The summed E-state index contributed by atoms with van der Waals surface area (Å²) in [6.45, 7) is 0. The predicted molar refractivity (Wildman–Crippen MR) is 85.8 cm³/mol. The number of anilines is 1. The third kappa shape index (κ3) is 2.35. The molecule has 124 valence electrons. The van der Waals surface area contributed by atoms with Crippen LogP contribution >= 0.6 is 0 Å². The van der Waals surface area contributed by atoms with Gasteiger partial charge in [-0.1, -0.05) is 12.1 Å². The number of hydrogen-bond donors (Lipinski definition) is 1. The maximum absolute atomic E-state index is 13.7. The Morgan fingerprint density at radius 3 is 2.58 bits per heavy atom.